The number of hydrogen-bond donors (Lipinski definition) is 1. The molecule has 0 unspecified atom stereocenters. The largest absolute Gasteiger partial charge is 0.321 e. The number of azo groups is 1. The summed E-state index contributed by atoms with van der Waals surface area (Å²) in [5.41, 5.74) is 4.66. The lowest BCUT2D eigenvalue weighted by molar-refractivity contribution is 1.23. The number of rotatable bonds is 4. The number of benzene rings is 4. The summed E-state index contributed by atoms with van der Waals surface area (Å²) in [6.45, 7) is 0. The average molecular weight is 426 g/mol. The molecule has 5 nitrogen and oxygen atoms in total. The van der Waals surface area contributed by atoms with Crippen molar-refractivity contribution in [2.75, 3.05) is 0 Å². The third kappa shape index (κ3) is 3.82. The van der Waals surface area contributed by atoms with Gasteiger partial charge in [0.15, 0.2) is 0 Å². The molecule has 0 aliphatic carbocycles. The zero-order chi connectivity index (χ0) is 22.6. The number of nitrogens with one attached hydrogen (secondary N) is 1. The lowest BCUT2D eigenvalue weighted by atomic mass is 9.92. The minimum absolute atomic E-state index is 0.0510. The quantitative estimate of drug-likeness (QED) is 0.310. The minimum atomic E-state index is -0.428. The smallest absolute Gasteiger partial charge is 0.266 e. The van der Waals surface area contributed by atoms with Gasteiger partial charge in [0.2, 0.25) is 0 Å². The van der Waals surface area contributed by atoms with E-state index in [0.717, 1.165) is 16.7 Å². The first-order chi connectivity index (χ1) is 16.3. The molecule has 5 rings (SSSR count). The van der Waals surface area contributed by atoms with E-state index in [9.17, 15) is 10.1 Å². The van der Waals surface area contributed by atoms with Crippen molar-refractivity contribution >= 4 is 22.3 Å². The van der Waals surface area contributed by atoms with E-state index in [-0.39, 0.29) is 5.56 Å². The Bertz CT molecular complexity index is 1570. The van der Waals surface area contributed by atoms with E-state index in [1.54, 1.807) is 0 Å². The molecule has 0 radical (unpaired) electrons. The van der Waals surface area contributed by atoms with Gasteiger partial charge in [0.25, 0.3) is 5.56 Å². The van der Waals surface area contributed by atoms with Gasteiger partial charge in [0.1, 0.15) is 17.3 Å². The Morgan fingerprint density at radius 1 is 0.697 bits per heavy atom. The number of aromatic nitrogens is 1. The normalized spacial score (nSPS) is 11.0. The highest BCUT2D eigenvalue weighted by Gasteiger charge is 2.20. The number of hydrogen-bond acceptors (Lipinski definition) is 4. The van der Waals surface area contributed by atoms with Gasteiger partial charge >= 0.3 is 0 Å². The summed E-state index contributed by atoms with van der Waals surface area (Å²) < 4.78 is 0. The summed E-state index contributed by atoms with van der Waals surface area (Å²) in [4.78, 5) is 15.6. The second kappa shape index (κ2) is 8.74. The lowest BCUT2D eigenvalue weighted by Crippen LogP contribution is -2.12. The summed E-state index contributed by atoms with van der Waals surface area (Å²) in [6.07, 6.45) is 0. The van der Waals surface area contributed by atoms with Crippen LogP contribution in [-0.4, -0.2) is 4.98 Å². The van der Waals surface area contributed by atoms with E-state index in [2.05, 4.69) is 21.3 Å². The molecule has 4 aromatic carbocycles. The van der Waals surface area contributed by atoms with Crippen molar-refractivity contribution in [3.63, 3.8) is 0 Å². The van der Waals surface area contributed by atoms with Crippen LogP contribution in [0.25, 0.3) is 33.2 Å². The molecule has 0 fully saturated rings. The van der Waals surface area contributed by atoms with Gasteiger partial charge in [-0.3, -0.25) is 4.79 Å². The second-order valence-corrected chi connectivity index (χ2v) is 7.47. The first-order valence-electron chi connectivity index (χ1n) is 10.5. The van der Waals surface area contributed by atoms with Crippen LogP contribution in [0.1, 0.15) is 5.56 Å². The Hall–Kier alpha value is -4.82. The van der Waals surface area contributed by atoms with Crippen LogP contribution >= 0.6 is 0 Å². The summed E-state index contributed by atoms with van der Waals surface area (Å²) >= 11 is 0. The van der Waals surface area contributed by atoms with Crippen molar-refractivity contribution in [3.8, 4) is 28.3 Å². The van der Waals surface area contributed by atoms with Crippen molar-refractivity contribution in [2.24, 2.45) is 10.2 Å². The zero-order valence-electron chi connectivity index (χ0n) is 17.6. The summed E-state index contributed by atoms with van der Waals surface area (Å²) in [5, 5.41) is 19.7. The molecule has 0 atom stereocenters. The van der Waals surface area contributed by atoms with Gasteiger partial charge in [-0.25, -0.2) is 0 Å². The van der Waals surface area contributed by atoms with Crippen molar-refractivity contribution < 1.29 is 0 Å². The van der Waals surface area contributed by atoms with E-state index in [1.165, 1.54) is 0 Å². The van der Waals surface area contributed by atoms with E-state index < -0.39 is 5.56 Å². The van der Waals surface area contributed by atoms with Crippen molar-refractivity contribution in [3.05, 3.63) is 119 Å². The summed E-state index contributed by atoms with van der Waals surface area (Å²) in [5.74, 6) is 0. The van der Waals surface area contributed by atoms with Crippen LogP contribution in [0.2, 0.25) is 0 Å². The molecule has 0 aliphatic rings. The summed E-state index contributed by atoms with van der Waals surface area (Å²) in [7, 11) is 0. The zero-order valence-corrected chi connectivity index (χ0v) is 17.6. The molecule has 1 N–H and O–H groups in total. The molecule has 0 amide bonds. The van der Waals surface area contributed by atoms with Gasteiger partial charge in [-0.2, -0.15) is 10.4 Å². The maximum atomic E-state index is 12.8. The Balaban J connectivity index is 1.92. The predicted octanol–water partition coefficient (Wildman–Crippen LogP) is 7.15. The molecular weight excluding hydrogens is 408 g/mol. The topological polar surface area (TPSA) is 81.4 Å². The number of H-pyrrole nitrogens is 1. The van der Waals surface area contributed by atoms with Crippen LogP contribution in [0.4, 0.5) is 11.4 Å². The second-order valence-electron chi connectivity index (χ2n) is 7.47. The SMILES string of the molecule is N#Cc1c(-c2ccccc2)c2c(N=Nc3ccccc3)c(-c3ccccc3)ccc2[nH]c1=O. The van der Waals surface area contributed by atoms with Crippen molar-refractivity contribution in [1.82, 2.24) is 4.98 Å². The standard InChI is InChI=1S/C28H18N4O/c29-18-23-25(20-12-6-2-7-13-20)26-24(30-28(23)33)17-16-22(19-10-4-1-5-11-19)27(26)32-31-21-14-8-3-9-15-21/h1-17H,(H,30,33). The van der Waals surface area contributed by atoms with Gasteiger partial charge in [0.05, 0.1) is 11.2 Å². The van der Waals surface area contributed by atoms with Crippen LogP contribution < -0.4 is 5.56 Å². The molecule has 1 heterocycles. The maximum absolute atomic E-state index is 12.8. The minimum Gasteiger partial charge on any atom is -0.321 e. The van der Waals surface area contributed by atoms with Gasteiger partial charge in [0, 0.05) is 16.5 Å². The number of nitriles is 1. The molecule has 0 bridgehead atoms. The van der Waals surface area contributed by atoms with Crippen LogP contribution in [0.15, 0.2) is 118 Å². The highest BCUT2D eigenvalue weighted by atomic mass is 16.1. The van der Waals surface area contributed by atoms with E-state index in [0.29, 0.717) is 27.8 Å². The molecule has 0 saturated heterocycles. The fourth-order valence-corrected chi connectivity index (χ4v) is 3.93. The predicted molar refractivity (Wildman–Crippen MR) is 131 cm³/mol. The maximum Gasteiger partial charge on any atom is 0.266 e. The van der Waals surface area contributed by atoms with E-state index in [4.69, 9.17) is 0 Å². The number of nitrogens with zero attached hydrogens (tertiary/aromatic N) is 3. The fourth-order valence-electron chi connectivity index (χ4n) is 3.93. The van der Waals surface area contributed by atoms with E-state index >= 15 is 0 Å². The molecule has 156 valence electrons. The fraction of sp³-hybridized carbons (Fsp3) is 0. The Morgan fingerprint density at radius 2 is 1.30 bits per heavy atom. The third-order valence-electron chi connectivity index (χ3n) is 5.43. The Kier molecular flexibility index (Phi) is 5.32. The third-order valence-corrected chi connectivity index (χ3v) is 5.43. The first kappa shape index (κ1) is 20.1. The van der Waals surface area contributed by atoms with Crippen molar-refractivity contribution in [2.45, 2.75) is 0 Å². The van der Waals surface area contributed by atoms with Crippen LogP contribution in [-0.2, 0) is 0 Å². The highest BCUT2D eigenvalue weighted by molar-refractivity contribution is 6.08. The molecular formula is C28H18N4O. The van der Waals surface area contributed by atoms with Crippen molar-refractivity contribution in [1.29, 1.82) is 5.26 Å². The van der Waals surface area contributed by atoms with Crippen LogP contribution in [0.5, 0.6) is 0 Å². The Morgan fingerprint density at radius 3 is 1.94 bits per heavy atom. The highest BCUT2D eigenvalue weighted by Crippen LogP contribution is 2.42. The Labute approximate surface area is 190 Å². The van der Waals surface area contributed by atoms with Gasteiger partial charge < -0.3 is 4.98 Å². The van der Waals surface area contributed by atoms with Crippen LogP contribution in [0.3, 0.4) is 0 Å². The monoisotopic (exact) mass is 426 g/mol. The number of pyridine rings is 1. The molecule has 1 aromatic heterocycles. The lowest BCUT2D eigenvalue weighted by Gasteiger charge is -2.14. The molecule has 5 heteroatoms. The number of fused-ring (bicyclic) bond motifs is 1. The van der Waals surface area contributed by atoms with Gasteiger partial charge in [-0.05, 0) is 29.3 Å². The molecule has 0 saturated carbocycles. The molecule has 33 heavy (non-hydrogen) atoms. The van der Waals surface area contributed by atoms with Crippen LogP contribution in [0, 0.1) is 11.3 Å². The molecule has 0 aliphatic heterocycles. The summed E-state index contributed by atoms with van der Waals surface area (Å²) in [6, 6.07) is 34.7. The average Bonchev–Trinajstić information content (AvgIpc) is 2.88. The molecule has 0 spiro atoms. The van der Waals surface area contributed by atoms with Gasteiger partial charge in [-0.15, -0.1) is 5.11 Å². The van der Waals surface area contributed by atoms with E-state index in [1.807, 2.05) is 103 Å². The molecule has 5 aromatic rings. The first-order valence-corrected chi connectivity index (χ1v) is 10.5. The number of aromatic amines is 1. The van der Waals surface area contributed by atoms with Gasteiger partial charge in [-0.1, -0.05) is 84.9 Å².